The van der Waals surface area contributed by atoms with E-state index in [1.165, 1.54) is 0 Å². The molecule has 0 radical (unpaired) electrons. The molecule has 1 amide bonds. The Labute approximate surface area is 107 Å². The average Bonchev–Trinajstić information content (AvgIpc) is 2.79. The van der Waals surface area contributed by atoms with Gasteiger partial charge in [-0.05, 0) is 26.7 Å². The van der Waals surface area contributed by atoms with E-state index in [9.17, 15) is 4.79 Å². The maximum absolute atomic E-state index is 11.9. The molecule has 0 aromatic carbocycles. The number of nitrogens with one attached hydrogen (secondary N) is 1. The molecule has 0 saturated carbocycles. The zero-order valence-corrected chi connectivity index (χ0v) is 10.9. The molecule has 2 aliphatic rings. The first-order chi connectivity index (χ1) is 8.39. The van der Waals surface area contributed by atoms with Gasteiger partial charge in [0.05, 0.1) is 12.7 Å². The molecule has 2 rings (SSSR count). The summed E-state index contributed by atoms with van der Waals surface area (Å²) < 4.78 is 11.3. The molecule has 6 nitrogen and oxygen atoms in total. The first-order valence-electron chi connectivity index (χ1n) is 6.39. The summed E-state index contributed by atoms with van der Waals surface area (Å²) in [7, 11) is 0. The number of aliphatic hydroxyl groups excluding tert-OH is 1. The van der Waals surface area contributed by atoms with Crippen LogP contribution in [0.4, 0.5) is 0 Å². The SMILES string of the molecule is CC1(C)OC[C@H]([C@@H]2CNC(=O)[C@@]2(N)CCCO)O1. The highest BCUT2D eigenvalue weighted by Crippen LogP contribution is 2.35. The monoisotopic (exact) mass is 258 g/mol. The highest BCUT2D eigenvalue weighted by Gasteiger charge is 2.53. The van der Waals surface area contributed by atoms with E-state index in [4.69, 9.17) is 20.3 Å². The highest BCUT2D eigenvalue weighted by molar-refractivity contribution is 5.88. The largest absolute Gasteiger partial charge is 0.396 e. The molecule has 0 bridgehead atoms. The van der Waals surface area contributed by atoms with E-state index in [0.29, 0.717) is 26.0 Å². The van der Waals surface area contributed by atoms with Crippen molar-refractivity contribution in [1.82, 2.24) is 5.32 Å². The van der Waals surface area contributed by atoms with Gasteiger partial charge in [0.25, 0.3) is 0 Å². The van der Waals surface area contributed by atoms with Gasteiger partial charge in [-0.15, -0.1) is 0 Å². The number of carbonyl (C=O) groups is 1. The third-order valence-electron chi connectivity index (χ3n) is 3.79. The molecular formula is C12H22N2O4. The number of nitrogens with two attached hydrogens (primary N) is 1. The van der Waals surface area contributed by atoms with E-state index in [1.54, 1.807) is 0 Å². The number of carbonyl (C=O) groups excluding carboxylic acids is 1. The van der Waals surface area contributed by atoms with Crippen LogP contribution >= 0.6 is 0 Å². The molecule has 0 aromatic heterocycles. The summed E-state index contributed by atoms with van der Waals surface area (Å²) in [4.78, 5) is 11.9. The fourth-order valence-corrected chi connectivity index (χ4v) is 2.77. The summed E-state index contributed by atoms with van der Waals surface area (Å²) in [6.45, 7) is 4.69. The lowest BCUT2D eigenvalue weighted by Crippen LogP contribution is -2.55. The van der Waals surface area contributed by atoms with Crippen LogP contribution in [0.3, 0.4) is 0 Å². The predicted molar refractivity (Wildman–Crippen MR) is 64.6 cm³/mol. The lowest BCUT2D eigenvalue weighted by atomic mass is 9.80. The molecular weight excluding hydrogens is 236 g/mol. The minimum atomic E-state index is -0.961. The third-order valence-corrected chi connectivity index (χ3v) is 3.79. The van der Waals surface area contributed by atoms with Gasteiger partial charge in [0.2, 0.25) is 5.91 Å². The van der Waals surface area contributed by atoms with E-state index >= 15 is 0 Å². The van der Waals surface area contributed by atoms with Crippen molar-refractivity contribution in [2.45, 2.75) is 44.1 Å². The van der Waals surface area contributed by atoms with E-state index in [-0.39, 0.29) is 24.5 Å². The van der Waals surface area contributed by atoms with Crippen molar-refractivity contribution in [3.63, 3.8) is 0 Å². The average molecular weight is 258 g/mol. The van der Waals surface area contributed by atoms with Gasteiger partial charge >= 0.3 is 0 Å². The number of amides is 1. The highest BCUT2D eigenvalue weighted by atomic mass is 16.7. The van der Waals surface area contributed by atoms with Crippen LogP contribution in [0.1, 0.15) is 26.7 Å². The van der Waals surface area contributed by atoms with Gasteiger partial charge in [-0.25, -0.2) is 0 Å². The van der Waals surface area contributed by atoms with Crippen molar-refractivity contribution in [3.8, 4) is 0 Å². The van der Waals surface area contributed by atoms with Gasteiger partial charge in [0.1, 0.15) is 5.54 Å². The van der Waals surface area contributed by atoms with Crippen LogP contribution < -0.4 is 11.1 Å². The molecule has 0 aromatic rings. The fraction of sp³-hybridized carbons (Fsp3) is 0.917. The first-order valence-corrected chi connectivity index (χ1v) is 6.39. The number of rotatable bonds is 4. The summed E-state index contributed by atoms with van der Waals surface area (Å²) in [5, 5.41) is 11.7. The Balaban J connectivity index is 2.09. The van der Waals surface area contributed by atoms with E-state index in [0.717, 1.165) is 0 Å². The molecule has 0 spiro atoms. The fourth-order valence-electron chi connectivity index (χ4n) is 2.77. The van der Waals surface area contributed by atoms with Crippen molar-refractivity contribution >= 4 is 5.91 Å². The Morgan fingerprint density at radius 3 is 2.83 bits per heavy atom. The lowest BCUT2D eigenvalue weighted by molar-refractivity contribution is -0.148. The predicted octanol–water partition coefficient (Wildman–Crippen LogP) is -0.646. The maximum atomic E-state index is 11.9. The van der Waals surface area contributed by atoms with Crippen LogP contribution in [0.25, 0.3) is 0 Å². The van der Waals surface area contributed by atoms with Crippen molar-refractivity contribution in [1.29, 1.82) is 0 Å². The smallest absolute Gasteiger partial charge is 0.240 e. The number of hydrogen-bond donors (Lipinski definition) is 3. The Morgan fingerprint density at radius 2 is 2.28 bits per heavy atom. The zero-order valence-electron chi connectivity index (χ0n) is 10.9. The number of hydrogen-bond acceptors (Lipinski definition) is 5. The van der Waals surface area contributed by atoms with Crippen LogP contribution in [0.2, 0.25) is 0 Å². The molecule has 2 fully saturated rings. The second-order valence-electron chi connectivity index (χ2n) is 5.55. The molecule has 18 heavy (non-hydrogen) atoms. The summed E-state index contributed by atoms with van der Waals surface area (Å²) in [5.74, 6) is -0.888. The van der Waals surface area contributed by atoms with E-state index in [1.807, 2.05) is 13.8 Å². The van der Waals surface area contributed by atoms with E-state index in [2.05, 4.69) is 5.32 Å². The maximum Gasteiger partial charge on any atom is 0.240 e. The second-order valence-corrected chi connectivity index (χ2v) is 5.55. The van der Waals surface area contributed by atoms with Crippen molar-refractivity contribution in [2.75, 3.05) is 19.8 Å². The topological polar surface area (TPSA) is 93.8 Å². The summed E-state index contributed by atoms with van der Waals surface area (Å²) >= 11 is 0. The van der Waals surface area contributed by atoms with Crippen LogP contribution in [0.5, 0.6) is 0 Å². The third kappa shape index (κ3) is 2.38. The minimum Gasteiger partial charge on any atom is -0.396 e. The van der Waals surface area contributed by atoms with E-state index < -0.39 is 11.3 Å². The molecule has 2 aliphatic heterocycles. The van der Waals surface area contributed by atoms with Gasteiger partial charge in [-0.2, -0.15) is 0 Å². The number of aliphatic hydroxyl groups is 1. The van der Waals surface area contributed by atoms with Crippen LogP contribution in [0.15, 0.2) is 0 Å². The quantitative estimate of drug-likeness (QED) is 0.623. The summed E-state index contributed by atoms with van der Waals surface area (Å²) in [6.07, 6.45) is 0.792. The summed E-state index contributed by atoms with van der Waals surface area (Å²) in [6, 6.07) is 0. The molecule has 3 atom stereocenters. The second kappa shape index (κ2) is 4.77. The van der Waals surface area contributed by atoms with Gasteiger partial charge in [0.15, 0.2) is 5.79 Å². The molecule has 2 saturated heterocycles. The first kappa shape index (κ1) is 13.7. The molecule has 6 heteroatoms. The summed E-state index contributed by atoms with van der Waals surface area (Å²) in [5.41, 5.74) is 5.28. The molecule has 4 N–H and O–H groups in total. The standard InChI is InChI=1S/C12H22N2O4/c1-11(2)17-7-9(18-11)8-6-14-10(16)12(8,13)4-3-5-15/h8-9,15H,3-7,13H2,1-2H3,(H,14,16)/t8-,9+,12+/m0/s1. The zero-order chi connectivity index (χ0) is 13.4. The van der Waals surface area contributed by atoms with Crippen LogP contribution in [-0.4, -0.2) is 48.2 Å². The lowest BCUT2D eigenvalue weighted by Gasteiger charge is -2.31. The minimum absolute atomic E-state index is 0.0342. The Bertz CT molecular complexity index is 334. The Kier molecular flexibility index (Phi) is 3.64. The Hall–Kier alpha value is -0.690. The normalized spacial score (nSPS) is 39.0. The molecule has 0 unspecified atom stereocenters. The molecule has 0 aliphatic carbocycles. The molecule has 104 valence electrons. The van der Waals surface area contributed by atoms with Gasteiger partial charge < -0.3 is 25.6 Å². The molecule has 2 heterocycles. The van der Waals surface area contributed by atoms with Gasteiger partial charge in [0, 0.05) is 19.1 Å². The van der Waals surface area contributed by atoms with Gasteiger partial charge in [-0.3, -0.25) is 4.79 Å². The van der Waals surface area contributed by atoms with Gasteiger partial charge in [-0.1, -0.05) is 0 Å². The number of ether oxygens (including phenoxy) is 2. The van der Waals surface area contributed by atoms with Crippen molar-refractivity contribution < 1.29 is 19.4 Å². The Morgan fingerprint density at radius 1 is 1.56 bits per heavy atom. The van der Waals surface area contributed by atoms with Crippen molar-refractivity contribution in [3.05, 3.63) is 0 Å². The van der Waals surface area contributed by atoms with Crippen LogP contribution in [0, 0.1) is 5.92 Å². The van der Waals surface area contributed by atoms with Crippen LogP contribution in [-0.2, 0) is 14.3 Å². The van der Waals surface area contributed by atoms with Crippen molar-refractivity contribution in [2.24, 2.45) is 11.7 Å².